The van der Waals surface area contributed by atoms with E-state index in [2.05, 4.69) is 28.5 Å². The predicted molar refractivity (Wildman–Crippen MR) is 91.3 cm³/mol. The van der Waals surface area contributed by atoms with Crippen molar-refractivity contribution in [2.24, 2.45) is 16.6 Å². The summed E-state index contributed by atoms with van der Waals surface area (Å²) in [4.78, 5) is 4.41. The van der Waals surface area contributed by atoms with Crippen LogP contribution in [0.3, 0.4) is 0 Å². The van der Waals surface area contributed by atoms with E-state index in [1.165, 1.54) is 43.2 Å². The van der Waals surface area contributed by atoms with Crippen molar-refractivity contribution in [2.75, 3.05) is 11.9 Å². The van der Waals surface area contributed by atoms with Crippen LogP contribution in [0.4, 0.5) is 5.69 Å². The van der Waals surface area contributed by atoms with Crippen LogP contribution in [-0.4, -0.2) is 12.5 Å². The Morgan fingerprint density at radius 1 is 1.26 bits per heavy atom. The first-order valence-corrected chi connectivity index (χ1v) is 7.00. The second-order valence-electron chi connectivity index (χ2n) is 5.44. The summed E-state index contributed by atoms with van der Waals surface area (Å²) in [5.41, 5.74) is 10.0. The molecule has 4 heteroatoms. The zero-order valence-corrected chi connectivity index (χ0v) is 13.5. The van der Waals surface area contributed by atoms with Gasteiger partial charge in [-0.05, 0) is 61.6 Å². The van der Waals surface area contributed by atoms with Gasteiger partial charge in [-0.1, -0.05) is 12.1 Å². The molecule has 0 spiro atoms. The molecule has 3 N–H and O–H groups in total. The zero-order chi connectivity index (χ0) is 12.4. The number of guanidine groups is 1. The van der Waals surface area contributed by atoms with Crippen molar-refractivity contribution in [3.63, 3.8) is 0 Å². The molecular formula is C15H22IN3. The molecule has 1 aromatic rings. The average Bonchev–Trinajstić information content (AvgIpc) is 3.21. The Hall–Kier alpha value is -0.780. The quantitative estimate of drug-likeness (QED) is 0.487. The third kappa shape index (κ3) is 3.84. The van der Waals surface area contributed by atoms with E-state index in [4.69, 9.17) is 5.73 Å². The number of aryl methyl sites for hydroxylation is 1. The van der Waals surface area contributed by atoms with Crippen molar-refractivity contribution < 1.29 is 0 Å². The van der Waals surface area contributed by atoms with Gasteiger partial charge in [-0.3, -0.25) is 4.99 Å². The van der Waals surface area contributed by atoms with Crippen molar-refractivity contribution in [2.45, 2.75) is 38.5 Å². The minimum Gasteiger partial charge on any atom is -0.370 e. The molecule has 2 aliphatic carbocycles. The van der Waals surface area contributed by atoms with E-state index in [-0.39, 0.29) is 24.0 Å². The lowest BCUT2D eigenvalue weighted by atomic mass is 9.90. The first-order valence-electron chi connectivity index (χ1n) is 7.00. The molecule has 2 aliphatic rings. The van der Waals surface area contributed by atoms with Gasteiger partial charge in [-0.15, -0.1) is 24.0 Å². The van der Waals surface area contributed by atoms with Crippen molar-refractivity contribution in [3.8, 4) is 0 Å². The van der Waals surface area contributed by atoms with E-state index < -0.39 is 0 Å². The summed E-state index contributed by atoms with van der Waals surface area (Å²) in [6, 6.07) is 6.46. The van der Waals surface area contributed by atoms with Crippen LogP contribution in [0.1, 0.15) is 36.8 Å². The van der Waals surface area contributed by atoms with E-state index in [9.17, 15) is 0 Å². The molecule has 0 heterocycles. The number of nitrogens with one attached hydrogen (secondary N) is 1. The molecule has 0 unspecified atom stereocenters. The highest BCUT2D eigenvalue weighted by atomic mass is 127. The molecule has 1 fully saturated rings. The number of benzene rings is 1. The smallest absolute Gasteiger partial charge is 0.193 e. The highest BCUT2D eigenvalue weighted by Gasteiger charge is 2.20. The Morgan fingerprint density at radius 2 is 2.05 bits per heavy atom. The number of aliphatic imine (C=N–C) groups is 1. The number of hydrogen-bond donors (Lipinski definition) is 2. The lowest BCUT2D eigenvalue weighted by molar-refractivity contribution is 0.687. The summed E-state index contributed by atoms with van der Waals surface area (Å²) in [6.07, 6.45) is 7.58. The van der Waals surface area contributed by atoms with Crippen LogP contribution in [0.25, 0.3) is 0 Å². The molecule has 0 amide bonds. The molecule has 1 aromatic carbocycles. The Kier molecular flexibility index (Phi) is 5.07. The number of fused-ring (bicyclic) bond motifs is 1. The summed E-state index contributed by atoms with van der Waals surface area (Å²) in [7, 11) is 0. The Morgan fingerprint density at radius 3 is 2.84 bits per heavy atom. The van der Waals surface area contributed by atoms with Gasteiger partial charge in [-0.25, -0.2) is 0 Å². The van der Waals surface area contributed by atoms with E-state index in [0.29, 0.717) is 5.96 Å². The van der Waals surface area contributed by atoms with E-state index in [1.807, 2.05) is 0 Å². The lowest BCUT2D eigenvalue weighted by Gasteiger charge is -2.19. The molecule has 3 rings (SSSR count). The predicted octanol–water partition coefficient (Wildman–Crippen LogP) is 3.32. The molecule has 19 heavy (non-hydrogen) atoms. The second-order valence-corrected chi connectivity index (χ2v) is 5.44. The first kappa shape index (κ1) is 14.6. The van der Waals surface area contributed by atoms with Crippen molar-refractivity contribution in [1.29, 1.82) is 0 Å². The summed E-state index contributed by atoms with van der Waals surface area (Å²) in [6.45, 7) is 0.883. The summed E-state index contributed by atoms with van der Waals surface area (Å²) in [5, 5.41) is 3.28. The number of hydrogen-bond acceptors (Lipinski definition) is 1. The number of halogens is 1. The van der Waals surface area contributed by atoms with Gasteiger partial charge in [0.25, 0.3) is 0 Å². The molecule has 0 radical (unpaired) electrons. The van der Waals surface area contributed by atoms with Crippen LogP contribution in [0.5, 0.6) is 0 Å². The first-order chi connectivity index (χ1) is 8.83. The van der Waals surface area contributed by atoms with Gasteiger partial charge in [0.15, 0.2) is 5.96 Å². The average molecular weight is 371 g/mol. The van der Waals surface area contributed by atoms with E-state index in [1.54, 1.807) is 0 Å². The molecule has 0 aromatic heterocycles. The van der Waals surface area contributed by atoms with Gasteiger partial charge in [0.2, 0.25) is 0 Å². The topological polar surface area (TPSA) is 50.4 Å². The van der Waals surface area contributed by atoms with Crippen molar-refractivity contribution >= 4 is 35.6 Å². The number of rotatable bonds is 3. The van der Waals surface area contributed by atoms with Gasteiger partial charge in [0.1, 0.15) is 0 Å². The van der Waals surface area contributed by atoms with Crippen LogP contribution in [0, 0.1) is 5.92 Å². The zero-order valence-electron chi connectivity index (χ0n) is 11.2. The van der Waals surface area contributed by atoms with Gasteiger partial charge in [0, 0.05) is 12.2 Å². The van der Waals surface area contributed by atoms with Gasteiger partial charge >= 0.3 is 0 Å². The molecule has 0 bridgehead atoms. The number of anilines is 1. The molecular weight excluding hydrogens is 349 g/mol. The largest absolute Gasteiger partial charge is 0.370 e. The molecule has 0 saturated heterocycles. The normalized spacial score (nSPS) is 18.4. The van der Waals surface area contributed by atoms with Crippen LogP contribution in [0.2, 0.25) is 0 Å². The summed E-state index contributed by atoms with van der Waals surface area (Å²) in [5.74, 6) is 1.36. The molecule has 0 aliphatic heterocycles. The highest BCUT2D eigenvalue weighted by molar-refractivity contribution is 14.0. The Balaban J connectivity index is 0.00000133. The fraction of sp³-hybridized carbons (Fsp3) is 0.533. The highest BCUT2D eigenvalue weighted by Crippen LogP contribution is 2.29. The van der Waals surface area contributed by atoms with Crippen molar-refractivity contribution in [3.05, 3.63) is 29.3 Å². The fourth-order valence-electron chi connectivity index (χ4n) is 2.60. The summed E-state index contributed by atoms with van der Waals surface area (Å²) >= 11 is 0. The number of nitrogens with two attached hydrogens (primary N) is 1. The molecule has 0 atom stereocenters. The van der Waals surface area contributed by atoms with Gasteiger partial charge in [0.05, 0.1) is 0 Å². The molecule has 1 saturated carbocycles. The lowest BCUT2D eigenvalue weighted by Crippen LogP contribution is -2.24. The second kappa shape index (κ2) is 6.59. The van der Waals surface area contributed by atoms with Crippen LogP contribution in [0.15, 0.2) is 23.2 Å². The van der Waals surface area contributed by atoms with Crippen molar-refractivity contribution in [1.82, 2.24) is 0 Å². The van der Waals surface area contributed by atoms with Crippen LogP contribution >= 0.6 is 24.0 Å². The maximum absolute atomic E-state index is 5.95. The molecule has 3 nitrogen and oxygen atoms in total. The van der Waals surface area contributed by atoms with Crippen LogP contribution < -0.4 is 11.1 Å². The third-order valence-electron chi connectivity index (χ3n) is 3.88. The van der Waals surface area contributed by atoms with E-state index in [0.717, 1.165) is 24.6 Å². The fourth-order valence-corrected chi connectivity index (χ4v) is 2.60. The molecule has 104 valence electrons. The SMILES string of the molecule is I.NC(=NCC1CC1)Nc1cccc2c1CCCC2. The van der Waals surface area contributed by atoms with Gasteiger partial charge < -0.3 is 11.1 Å². The van der Waals surface area contributed by atoms with Crippen LogP contribution in [-0.2, 0) is 12.8 Å². The summed E-state index contributed by atoms with van der Waals surface area (Å²) < 4.78 is 0. The van der Waals surface area contributed by atoms with E-state index >= 15 is 0 Å². The Labute approximate surface area is 132 Å². The maximum Gasteiger partial charge on any atom is 0.193 e. The third-order valence-corrected chi connectivity index (χ3v) is 3.88. The standard InChI is InChI=1S/C15H21N3.HI/c16-15(17-10-11-8-9-11)18-14-7-3-5-12-4-1-2-6-13(12)14;/h3,5,7,11H,1-2,4,6,8-10H2,(H3,16,17,18);1H. The Bertz CT molecular complexity index is 466. The van der Waals surface area contributed by atoms with Gasteiger partial charge in [-0.2, -0.15) is 0 Å². The minimum absolute atomic E-state index is 0. The minimum atomic E-state index is 0. The monoisotopic (exact) mass is 371 g/mol. The maximum atomic E-state index is 5.95. The number of nitrogens with zero attached hydrogens (tertiary/aromatic N) is 1.